The van der Waals surface area contributed by atoms with Crippen molar-refractivity contribution < 1.29 is 9.84 Å². The van der Waals surface area contributed by atoms with Gasteiger partial charge in [0.05, 0.1) is 0 Å². The molecule has 0 bridgehead atoms. The van der Waals surface area contributed by atoms with Gasteiger partial charge >= 0.3 is 0 Å². The molecular formula is C21H30O2. The quantitative estimate of drug-likeness (QED) is 0.436. The molecule has 0 amide bonds. The molecule has 2 aliphatic rings. The van der Waals surface area contributed by atoms with Crippen LogP contribution >= 0.6 is 0 Å². The van der Waals surface area contributed by atoms with Gasteiger partial charge in [-0.3, -0.25) is 0 Å². The van der Waals surface area contributed by atoms with Crippen LogP contribution in [0, 0.1) is 5.92 Å². The Morgan fingerprint density at radius 2 is 2.04 bits per heavy atom. The Morgan fingerprint density at radius 1 is 1.26 bits per heavy atom. The SMILES string of the molecule is CCCCCc1cc(O)c2c(c1)OC([13CH3])([13CH3])C1CCC(C)=CC21. The van der Waals surface area contributed by atoms with Crippen LogP contribution in [0.5, 0.6) is 11.5 Å². The predicted molar refractivity (Wildman–Crippen MR) is 95.3 cm³/mol. The summed E-state index contributed by atoms with van der Waals surface area (Å²) in [5.41, 5.74) is 3.46. The number of allylic oxidation sites excluding steroid dienone is 2. The topological polar surface area (TPSA) is 29.5 Å². The zero-order valence-corrected chi connectivity index (χ0v) is 15.0. The van der Waals surface area contributed by atoms with Crippen molar-refractivity contribution in [3.8, 4) is 11.5 Å². The molecule has 2 heteroatoms. The lowest BCUT2D eigenvalue weighted by Gasteiger charge is -2.46. The Labute approximate surface area is 140 Å². The lowest BCUT2D eigenvalue weighted by molar-refractivity contribution is 0.0107. The van der Waals surface area contributed by atoms with Crippen molar-refractivity contribution >= 4 is 0 Å². The maximum atomic E-state index is 10.7. The van der Waals surface area contributed by atoms with E-state index in [1.807, 2.05) is 6.07 Å². The molecule has 23 heavy (non-hydrogen) atoms. The first kappa shape index (κ1) is 16.4. The standard InChI is InChI=1S/C21H30O2/c1-5-6-7-8-15-12-18(22)20-16-11-14(2)9-10-17(16)21(3,4)23-19(20)13-15/h11-13,16-17,22H,5-10H2,1-4H3/i3+1,4+1. The zero-order valence-electron chi connectivity index (χ0n) is 15.0. The van der Waals surface area contributed by atoms with E-state index in [0.717, 1.165) is 30.6 Å². The van der Waals surface area contributed by atoms with Gasteiger partial charge in [-0.05, 0) is 64.2 Å². The Morgan fingerprint density at radius 3 is 2.78 bits per heavy atom. The minimum absolute atomic E-state index is 0.177. The van der Waals surface area contributed by atoms with Crippen molar-refractivity contribution in [3.05, 3.63) is 34.9 Å². The highest BCUT2D eigenvalue weighted by atomic mass is 16.5. The van der Waals surface area contributed by atoms with Gasteiger partial charge < -0.3 is 9.84 Å². The highest BCUT2D eigenvalue weighted by Crippen LogP contribution is 2.53. The molecule has 1 heterocycles. The molecule has 2 unspecified atom stereocenters. The van der Waals surface area contributed by atoms with Crippen molar-refractivity contribution in [1.29, 1.82) is 0 Å². The molecule has 0 fully saturated rings. The van der Waals surface area contributed by atoms with Gasteiger partial charge in [-0.2, -0.15) is 0 Å². The number of hydrogen-bond donors (Lipinski definition) is 1. The first-order valence-electron chi connectivity index (χ1n) is 9.14. The average molecular weight is 316 g/mol. The molecule has 0 aromatic heterocycles. The number of benzene rings is 1. The first-order valence-corrected chi connectivity index (χ1v) is 9.14. The van der Waals surface area contributed by atoms with Crippen molar-refractivity contribution in [2.75, 3.05) is 0 Å². The van der Waals surface area contributed by atoms with Gasteiger partial charge in [0.25, 0.3) is 0 Å². The van der Waals surface area contributed by atoms with Gasteiger partial charge in [-0.25, -0.2) is 0 Å². The number of ether oxygens (including phenoxy) is 1. The van der Waals surface area contributed by atoms with Crippen LogP contribution in [0.3, 0.4) is 0 Å². The van der Waals surface area contributed by atoms with E-state index in [0.29, 0.717) is 11.7 Å². The zero-order chi connectivity index (χ0) is 16.6. The molecular weight excluding hydrogens is 286 g/mol. The lowest BCUT2D eigenvalue weighted by Crippen LogP contribution is -2.45. The summed E-state index contributed by atoms with van der Waals surface area (Å²) in [4.78, 5) is 0. The van der Waals surface area contributed by atoms with E-state index in [-0.39, 0.29) is 11.5 Å². The second kappa shape index (κ2) is 6.22. The molecule has 1 aromatic carbocycles. The Kier molecular flexibility index (Phi) is 4.44. The molecule has 1 aromatic rings. The average Bonchev–Trinajstić information content (AvgIpc) is 2.46. The highest BCUT2D eigenvalue weighted by Gasteiger charge is 2.45. The molecule has 1 N–H and O–H groups in total. The van der Waals surface area contributed by atoms with Crippen molar-refractivity contribution in [3.63, 3.8) is 0 Å². The number of rotatable bonds is 4. The fraction of sp³-hybridized carbons (Fsp3) is 0.619. The number of fused-ring (bicyclic) bond motifs is 3. The number of hydrogen-bond acceptors (Lipinski definition) is 2. The fourth-order valence-electron chi connectivity index (χ4n) is 4.30. The molecule has 0 spiro atoms. The molecule has 1 aliphatic heterocycles. The van der Waals surface area contributed by atoms with Crippen LogP contribution in [-0.2, 0) is 6.42 Å². The van der Waals surface area contributed by atoms with Crippen LogP contribution in [0.4, 0.5) is 0 Å². The van der Waals surface area contributed by atoms with Crippen LogP contribution in [0.25, 0.3) is 0 Å². The summed E-state index contributed by atoms with van der Waals surface area (Å²) >= 11 is 0. The summed E-state index contributed by atoms with van der Waals surface area (Å²) in [7, 11) is 0. The third kappa shape index (κ3) is 3.13. The minimum atomic E-state index is -0.177. The van der Waals surface area contributed by atoms with Crippen molar-refractivity contribution in [2.24, 2.45) is 5.92 Å². The highest BCUT2D eigenvalue weighted by molar-refractivity contribution is 5.53. The largest absolute Gasteiger partial charge is 0.507 e. The van der Waals surface area contributed by atoms with Crippen LogP contribution in [-0.4, -0.2) is 10.7 Å². The Hall–Kier alpha value is -1.44. The number of phenols is 1. The normalized spacial score (nSPS) is 25.1. The summed E-state index contributed by atoms with van der Waals surface area (Å²) < 4.78 is 6.36. The van der Waals surface area contributed by atoms with Gasteiger partial charge in [-0.15, -0.1) is 0 Å². The third-order valence-corrected chi connectivity index (χ3v) is 5.60. The first-order chi connectivity index (χ1) is 10.9. The lowest BCUT2D eigenvalue weighted by atomic mass is 9.71. The summed E-state index contributed by atoms with van der Waals surface area (Å²) in [5.74, 6) is 2.04. The second-order valence-electron chi connectivity index (χ2n) is 7.87. The third-order valence-electron chi connectivity index (χ3n) is 5.60. The number of phenolic OH excluding ortho intramolecular Hbond substituents is 1. The molecule has 0 saturated heterocycles. The second-order valence-corrected chi connectivity index (χ2v) is 7.87. The van der Waals surface area contributed by atoms with E-state index >= 15 is 0 Å². The van der Waals surface area contributed by atoms with Crippen LogP contribution < -0.4 is 4.74 Å². The smallest absolute Gasteiger partial charge is 0.127 e. The molecule has 2 nitrogen and oxygen atoms in total. The molecule has 2 atom stereocenters. The molecule has 1 aliphatic carbocycles. The van der Waals surface area contributed by atoms with E-state index < -0.39 is 0 Å². The number of unbranched alkanes of at least 4 members (excludes halogenated alkanes) is 2. The molecule has 3 rings (SSSR count). The molecule has 126 valence electrons. The van der Waals surface area contributed by atoms with Gasteiger partial charge in [0.1, 0.15) is 17.1 Å². The summed E-state index contributed by atoms with van der Waals surface area (Å²) in [6.07, 6.45) is 9.26. The van der Waals surface area contributed by atoms with Gasteiger partial charge in [0.2, 0.25) is 0 Å². The monoisotopic (exact) mass is 316 g/mol. The van der Waals surface area contributed by atoms with Gasteiger partial charge in [-0.1, -0.05) is 31.4 Å². The van der Waals surface area contributed by atoms with Gasteiger partial charge in [0, 0.05) is 17.4 Å². The van der Waals surface area contributed by atoms with E-state index in [9.17, 15) is 5.11 Å². The Bertz CT molecular complexity index is 613. The number of aromatic hydroxyl groups is 1. The van der Waals surface area contributed by atoms with Gasteiger partial charge in [0.15, 0.2) is 0 Å². The van der Waals surface area contributed by atoms with Crippen molar-refractivity contribution in [2.45, 2.75) is 77.7 Å². The van der Waals surface area contributed by atoms with Crippen LogP contribution in [0.15, 0.2) is 23.8 Å². The van der Waals surface area contributed by atoms with E-state index in [1.165, 1.54) is 30.4 Å². The maximum Gasteiger partial charge on any atom is 0.127 e. The Balaban J connectivity index is 1.99. The predicted octanol–water partition coefficient (Wildman–Crippen LogP) is 5.74. The van der Waals surface area contributed by atoms with Crippen LogP contribution in [0.1, 0.15) is 76.8 Å². The van der Waals surface area contributed by atoms with Crippen LogP contribution in [0.2, 0.25) is 0 Å². The molecule has 0 radical (unpaired) electrons. The summed E-state index contributed by atoms with van der Waals surface area (Å²) in [6.45, 7) is 8.81. The van der Waals surface area contributed by atoms with E-state index in [2.05, 4.69) is 39.8 Å². The fourth-order valence-corrected chi connectivity index (χ4v) is 4.30. The summed E-state index contributed by atoms with van der Waals surface area (Å²) in [6, 6.07) is 4.13. The minimum Gasteiger partial charge on any atom is -0.507 e. The maximum absolute atomic E-state index is 10.7. The van der Waals surface area contributed by atoms with Crippen molar-refractivity contribution in [1.82, 2.24) is 0 Å². The molecule has 0 saturated carbocycles. The van der Waals surface area contributed by atoms with E-state index in [1.54, 1.807) is 0 Å². The summed E-state index contributed by atoms with van der Waals surface area (Å²) in [5, 5.41) is 10.7. The number of aryl methyl sites for hydroxylation is 1. The van der Waals surface area contributed by atoms with E-state index in [4.69, 9.17) is 4.74 Å².